The highest BCUT2D eigenvalue weighted by Gasteiger charge is 2.11. The van der Waals surface area contributed by atoms with E-state index in [1.807, 2.05) is 48.5 Å². The van der Waals surface area contributed by atoms with E-state index in [4.69, 9.17) is 15.7 Å². The smallest absolute Gasteiger partial charge is 0.124 e. The van der Waals surface area contributed by atoms with Crippen molar-refractivity contribution < 1.29 is 0 Å². The molecule has 0 atom stereocenters. The minimum Gasteiger partial charge on any atom is -0.399 e. The Bertz CT molecular complexity index is 1060. The minimum absolute atomic E-state index is 0.728. The third-order valence-electron chi connectivity index (χ3n) is 4.04. The number of thiazole rings is 2. The van der Waals surface area contributed by atoms with E-state index in [0.717, 1.165) is 37.9 Å². The lowest BCUT2D eigenvalue weighted by Crippen LogP contribution is -1.88. The first-order valence-corrected chi connectivity index (χ1v) is 9.52. The van der Waals surface area contributed by atoms with Crippen molar-refractivity contribution >= 4 is 48.8 Å². The fraction of sp³-hybridized carbons (Fsp3) is 0. The van der Waals surface area contributed by atoms with Gasteiger partial charge in [0.1, 0.15) is 10.0 Å². The van der Waals surface area contributed by atoms with E-state index < -0.39 is 0 Å². The summed E-state index contributed by atoms with van der Waals surface area (Å²) in [6.45, 7) is 0. The largest absolute Gasteiger partial charge is 0.399 e. The Balaban J connectivity index is 1.66. The number of nitrogens with zero attached hydrogens (tertiary/aromatic N) is 2. The van der Waals surface area contributed by atoms with Gasteiger partial charge in [0.2, 0.25) is 0 Å². The number of anilines is 1. The van der Waals surface area contributed by atoms with Gasteiger partial charge >= 0.3 is 0 Å². The predicted octanol–water partition coefficient (Wildman–Crippen LogP) is 5.82. The molecule has 3 aromatic carbocycles. The van der Waals surface area contributed by atoms with Gasteiger partial charge < -0.3 is 5.73 Å². The van der Waals surface area contributed by atoms with Crippen LogP contribution in [-0.2, 0) is 0 Å². The van der Waals surface area contributed by atoms with Crippen LogP contribution in [0.4, 0.5) is 5.69 Å². The maximum Gasteiger partial charge on any atom is 0.124 e. The SMILES string of the molecule is Nc1cc(-c2nc3ccccc3s2)cc(-c2nc3ccccc3s2)c1. The number of hydrogen-bond acceptors (Lipinski definition) is 5. The molecule has 5 heteroatoms. The maximum absolute atomic E-state index is 6.18. The highest BCUT2D eigenvalue weighted by atomic mass is 32.1. The number of nitrogen functional groups attached to an aromatic ring is 1. The van der Waals surface area contributed by atoms with E-state index >= 15 is 0 Å². The van der Waals surface area contributed by atoms with Gasteiger partial charge in [0.15, 0.2) is 0 Å². The summed E-state index contributed by atoms with van der Waals surface area (Å²) in [4.78, 5) is 9.50. The number of hydrogen-bond donors (Lipinski definition) is 1. The Hall–Kier alpha value is -2.76. The van der Waals surface area contributed by atoms with E-state index in [2.05, 4.69) is 18.2 Å². The number of benzene rings is 3. The summed E-state index contributed by atoms with van der Waals surface area (Å²) in [5, 5.41) is 1.96. The van der Waals surface area contributed by atoms with Crippen LogP contribution in [0, 0.1) is 0 Å². The van der Waals surface area contributed by atoms with Crippen molar-refractivity contribution in [3.8, 4) is 21.1 Å². The zero-order valence-electron chi connectivity index (χ0n) is 13.1. The molecule has 0 aliphatic carbocycles. The van der Waals surface area contributed by atoms with Crippen LogP contribution in [0.1, 0.15) is 0 Å². The van der Waals surface area contributed by atoms with Crippen LogP contribution in [0.2, 0.25) is 0 Å². The molecular weight excluding hydrogens is 346 g/mol. The van der Waals surface area contributed by atoms with Gasteiger partial charge in [0.05, 0.1) is 20.4 Å². The maximum atomic E-state index is 6.18. The van der Waals surface area contributed by atoms with Gasteiger partial charge in [-0.2, -0.15) is 0 Å². The molecule has 0 spiro atoms. The predicted molar refractivity (Wildman–Crippen MR) is 108 cm³/mol. The van der Waals surface area contributed by atoms with Crippen LogP contribution in [0.5, 0.6) is 0 Å². The molecule has 2 heterocycles. The van der Waals surface area contributed by atoms with Crippen LogP contribution in [0.15, 0.2) is 66.7 Å². The van der Waals surface area contributed by atoms with Crippen LogP contribution in [0.25, 0.3) is 41.6 Å². The fourth-order valence-electron chi connectivity index (χ4n) is 2.89. The first-order chi connectivity index (χ1) is 12.3. The molecule has 0 amide bonds. The molecule has 0 unspecified atom stereocenters. The van der Waals surface area contributed by atoms with Crippen molar-refractivity contribution in [3.05, 3.63) is 66.7 Å². The summed E-state index contributed by atoms with van der Waals surface area (Å²) in [6.07, 6.45) is 0. The molecule has 120 valence electrons. The molecule has 2 N–H and O–H groups in total. The summed E-state index contributed by atoms with van der Waals surface area (Å²) in [7, 11) is 0. The summed E-state index contributed by atoms with van der Waals surface area (Å²) in [6, 6.07) is 22.5. The molecule has 0 radical (unpaired) electrons. The third-order valence-corrected chi connectivity index (χ3v) is 6.21. The lowest BCUT2D eigenvalue weighted by Gasteiger charge is -2.03. The van der Waals surface area contributed by atoms with Crippen LogP contribution in [-0.4, -0.2) is 9.97 Å². The molecule has 3 nitrogen and oxygen atoms in total. The highest BCUT2D eigenvalue weighted by Crippen LogP contribution is 2.36. The molecule has 0 saturated heterocycles. The van der Waals surface area contributed by atoms with E-state index in [-0.39, 0.29) is 0 Å². The first kappa shape index (κ1) is 14.6. The lowest BCUT2D eigenvalue weighted by atomic mass is 10.1. The van der Waals surface area contributed by atoms with Gasteiger partial charge in [0, 0.05) is 16.8 Å². The zero-order chi connectivity index (χ0) is 16.8. The second kappa shape index (κ2) is 5.65. The van der Waals surface area contributed by atoms with Crippen molar-refractivity contribution in [1.82, 2.24) is 9.97 Å². The molecule has 2 aromatic heterocycles. The molecular formula is C20H13N3S2. The standard InChI is InChI=1S/C20H13N3S2/c21-14-10-12(19-22-15-5-1-3-7-17(15)24-19)9-13(11-14)20-23-16-6-2-4-8-18(16)25-20/h1-11H,21H2. The quantitative estimate of drug-likeness (QED) is 0.404. The van der Waals surface area contributed by atoms with Crippen molar-refractivity contribution in [1.29, 1.82) is 0 Å². The summed E-state index contributed by atoms with van der Waals surface area (Å²) in [5.41, 5.74) is 11.0. The molecule has 0 aliphatic rings. The summed E-state index contributed by atoms with van der Waals surface area (Å²) < 4.78 is 2.36. The van der Waals surface area contributed by atoms with Gasteiger partial charge in [-0.25, -0.2) is 9.97 Å². The lowest BCUT2D eigenvalue weighted by molar-refractivity contribution is 1.45. The van der Waals surface area contributed by atoms with Gasteiger partial charge in [-0.1, -0.05) is 24.3 Å². The molecule has 0 saturated carbocycles. The molecule has 5 rings (SSSR count). The second-order valence-electron chi connectivity index (χ2n) is 5.82. The number of para-hydroxylation sites is 2. The number of nitrogens with two attached hydrogens (primary N) is 1. The normalized spacial score (nSPS) is 11.4. The van der Waals surface area contributed by atoms with Crippen molar-refractivity contribution in [3.63, 3.8) is 0 Å². The van der Waals surface area contributed by atoms with E-state index in [0.29, 0.717) is 0 Å². The number of fused-ring (bicyclic) bond motifs is 2. The monoisotopic (exact) mass is 359 g/mol. The van der Waals surface area contributed by atoms with Crippen LogP contribution < -0.4 is 5.73 Å². The number of rotatable bonds is 2. The van der Waals surface area contributed by atoms with Crippen molar-refractivity contribution in [2.45, 2.75) is 0 Å². The fourth-order valence-corrected chi connectivity index (χ4v) is 4.80. The van der Waals surface area contributed by atoms with E-state index in [1.54, 1.807) is 22.7 Å². The Morgan fingerprint density at radius 1 is 0.640 bits per heavy atom. The second-order valence-corrected chi connectivity index (χ2v) is 7.88. The Labute approximate surface area is 152 Å². The molecule has 5 aromatic rings. The van der Waals surface area contributed by atoms with Gasteiger partial charge in [0.25, 0.3) is 0 Å². The molecule has 0 bridgehead atoms. The summed E-state index contributed by atoms with van der Waals surface area (Å²) >= 11 is 3.37. The van der Waals surface area contributed by atoms with Gasteiger partial charge in [-0.05, 0) is 42.5 Å². The van der Waals surface area contributed by atoms with E-state index in [1.165, 1.54) is 9.40 Å². The van der Waals surface area contributed by atoms with Gasteiger partial charge in [-0.3, -0.25) is 0 Å². The average Bonchev–Trinajstić information content (AvgIpc) is 3.25. The topological polar surface area (TPSA) is 51.8 Å². The van der Waals surface area contributed by atoms with Crippen molar-refractivity contribution in [2.24, 2.45) is 0 Å². The van der Waals surface area contributed by atoms with Crippen molar-refractivity contribution in [2.75, 3.05) is 5.73 Å². The van der Waals surface area contributed by atoms with Gasteiger partial charge in [-0.15, -0.1) is 22.7 Å². The number of aromatic nitrogens is 2. The summed E-state index contributed by atoms with van der Waals surface area (Å²) in [5.74, 6) is 0. The highest BCUT2D eigenvalue weighted by molar-refractivity contribution is 7.22. The van der Waals surface area contributed by atoms with Crippen LogP contribution >= 0.6 is 22.7 Å². The molecule has 0 aliphatic heterocycles. The Morgan fingerprint density at radius 3 is 1.60 bits per heavy atom. The minimum atomic E-state index is 0.728. The zero-order valence-corrected chi connectivity index (χ0v) is 14.8. The third kappa shape index (κ3) is 2.58. The molecule has 0 fully saturated rings. The van der Waals surface area contributed by atoms with E-state index in [9.17, 15) is 0 Å². The first-order valence-electron chi connectivity index (χ1n) is 7.89. The Morgan fingerprint density at radius 2 is 1.12 bits per heavy atom. The van der Waals surface area contributed by atoms with Crippen LogP contribution in [0.3, 0.4) is 0 Å². The Kier molecular flexibility index (Phi) is 3.29. The molecule has 25 heavy (non-hydrogen) atoms. The average molecular weight is 359 g/mol.